The zero-order valence-electron chi connectivity index (χ0n) is 9.55. The highest BCUT2D eigenvalue weighted by atomic mass is 35.5. The first kappa shape index (κ1) is 12.9. The minimum Gasteiger partial charge on any atom is -0.493 e. The van der Waals surface area contributed by atoms with Gasteiger partial charge in [-0.25, -0.2) is 0 Å². The average molecular weight is 242 g/mol. The molecule has 0 saturated carbocycles. The molecule has 16 heavy (non-hydrogen) atoms. The van der Waals surface area contributed by atoms with Crippen LogP contribution in [0.15, 0.2) is 24.8 Å². The molecular weight excluding hydrogens is 226 g/mol. The molecular formula is C12H16ClNO2. The van der Waals surface area contributed by atoms with Gasteiger partial charge in [-0.1, -0.05) is 17.7 Å². The van der Waals surface area contributed by atoms with E-state index in [2.05, 4.69) is 11.9 Å². The van der Waals surface area contributed by atoms with Crippen molar-refractivity contribution in [1.29, 1.82) is 0 Å². The number of halogens is 1. The van der Waals surface area contributed by atoms with Crippen LogP contribution in [0.4, 0.5) is 0 Å². The Hall–Kier alpha value is -1.19. The summed E-state index contributed by atoms with van der Waals surface area (Å²) < 4.78 is 10.5. The van der Waals surface area contributed by atoms with Gasteiger partial charge in [0.05, 0.1) is 14.2 Å². The average Bonchev–Trinajstić information content (AvgIpc) is 2.28. The Balaban J connectivity index is 2.95. The van der Waals surface area contributed by atoms with E-state index in [0.29, 0.717) is 23.1 Å². The van der Waals surface area contributed by atoms with Crippen molar-refractivity contribution >= 4 is 11.6 Å². The highest BCUT2D eigenvalue weighted by Gasteiger charge is 2.11. The highest BCUT2D eigenvalue weighted by Crippen LogP contribution is 2.34. The van der Waals surface area contributed by atoms with Gasteiger partial charge in [0.2, 0.25) is 0 Å². The van der Waals surface area contributed by atoms with Crippen molar-refractivity contribution in [2.24, 2.45) is 0 Å². The molecule has 3 nitrogen and oxygen atoms in total. The van der Waals surface area contributed by atoms with Gasteiger partial charge in [-0.3, -0.25) is 0 Å². The van der Waals surface area contributed by atoms with E-state index in [4.69, 9.17) is 21.1 Å². The standard InChI is InChI=1S/C12H16ClNO2/c1-4-5-14-8-9-6-10(13)7-11(15-2)12(9)16-3/h4,6-7,14H,1,5,8H2,2-3H3. The fourth-order valence-corrected chi connectivity index (χ4v) is 1.68. The Bertz CT molecular complexity index is 366. The van der Waals surface area contributed by atoms with Crippen molar-refractivity contribution in [3.8, 4) is 11.5 Å². The molecule has 0 spiro atoms. The van der Waals surface area contributed by atoms with Gasteiger partial charge < -0.3 is 14.8 Å². The van der Waals surface area contributed by atoms with Crippen molar-refractivity contribution in [2.45, 2.75) is 6.54 Å². The van der Waals surface area contributed by atoms with Crippen LogP contribution in [-0.2, 0) is 6.54 Å². The van der Waals surface area contributed by atoms with Crippen LogP contribution in [0.3, 0.4) is 0 Å². The minimum atomic E-state index is 0.632. The van der Waals surface area contributed by atoms with E-state index in [0.717, 1.165) is 12.1 Å². The topological polar surface area (TPSA) is 30.5 Å². The van der Waals surface area contributed by atoms with Gasteiger partial charge in [0.15, 0.2) is 11.5 Å². The molecule has 0 atom stereocenters. The molecule has 0 radical (unpaired) electrons. The predicted octanol–water partition coefficient (Wildman–Crippen LogP) is 2.63. The Morgan fingerprint density at radius 1 is 1.38 bits per heavy atom. The summed E-state index contributed by atoms with van der Waals surface area (Å²) >= 11 is 5.99. The van der Waals surface area contributed by atoms with Crippen LogP contribution in [0.5, 0.6) is 11.5 Å². The van der Waals surface area contributed by atoms with Crippen molar-refractivity contribution in [2.75, 3.05) is 20.8 Å². The number of hydrogen-bond donors (Lipinski definition) is 1. The quantitative estimate of drug-likeness (QED) is 0.614. The van der Waals surface area contributed by atoms with E-state index >= 15 is 0 Å². The van der Waals surface area contributed by atoms with Gasteiger partial charge in [0, 0.05) is 29.7 Å². The second-order valence-electron chi connectivity index (χ2n) is 3.22. The molecule has 4 heteroatoms. The van der Waals surface area contributed by atoms with Crippen molar-refractivity contribution < 1.29 is 9.47 Å². The summed E-state index contributed by atoms with van der Waals surface area (Å²) in [5.74, 6) is 1.36. The van der Waals surface area contributed by atoms with E-state index < -0.39 is 0 Å². The molecule has 1 N–H and O–H groups in total. The van der Waals surface area contributed by atoms with E-state index in [1.165, 1.54) is 0 Å². The summed E-state index contributed by atoms with van der Waals surface area (Å²) in [7, 11) is 3.21. The van der Waals surface area contributed by atoms with E-state index in [9.17, 15) is 0 Å². The van der Waals surface area contributed by atoms with Crippen LogP contribution in [0.25, 0.3) is 0 Å². The number of benzene rings is 1. The molecule has 1 rings (SSSR count). The molecule has 0 saturated heterocycles. The molecule has 0 aliphatic carbocycles. The molecule has 0 fully saturated rings. The molecule has 1 aromatic rings. The fourth-order valence-electron chi connectivity index (χ4n) is 1.45. The molecule has 1 aromatic carbocycles. The van der Waals surface area contributed by atoms with Gasteiger partial charge in [-0.2, -0.15) is 0 Å². The maximum Gasteiger partial charge on any atom is 0.165 e. The summed E-state index contributed by atoms with van der Waals surface area (Å²) in [6.07, 6.45) is 1.80. The van der Waals surface area contributed by atoms with E-state index in [-0.39, 0.29) is 0 Å². The van der Waals surface area contributed by atoms with Crippen molar-refractivity contribution in [3.05, 3.63) is 35.4 Å². The summed E-state index contributed by atoms with van der Waals surface area (Å²) in [5, 5.41) is 3.82. The highest BCUT2D eigenvalue weighted by molar-refractivity contribution is 6.30. The number of hydrogen-bond acceptors (Lipinski definition) is 3. The molecule has 0 aliphatic rings. The zero-order valence-corrected chi connectivity index (χ0v) is 10.3. The Labute approximate surface area is 101 Å². The van der Waals surface area contributed by atoms with E-state index in [1.54, 1.807) is 26.4 Å². The molecule has 0 amide bonds. The Morgan fingerprint density at radius 3 is 2.69 bits per heavy atom. The van der Waals surface area contributed by atoms with Crippen LogP contribution in [-0.4, -0.2) is 20.8 Å². The lowest BCUT2D eigenvalue weighted by atomic mass is 10.2. The predicted molar refractivity (Wildman–Crippen MR) is 66.5 cm³/mol. The smallest absolute Gasteiger partial charge is 0.165 e. The third kappa shape index (κ3) is 3.15. The second kappa shape index (κ2) is 6.40. The van der Waals surface area contributed by atoms with Gasteiger partial charge in [0.25, 0.3) is 0 Å². The van der Waals surface area contributed by atoms with Gasteiger partial charge >= 0.3 is 0 Å². The third-order valence-electron chi connectivity index (χ3n) is 2.12. The molecule has 0 heterocycles. The normalized spacial score (nSPS) is 9.94. The maximum atomic E-state index is 5.99. The van der Waals surface area contributed by atoms with Crippen LogP contribution in [0.1, 0.15) is 5.56 Å². The van der Waals surface area contributed by atoms with Gasteiger partial charge in [-0.05, 0) is 6.07 Å². The Kier molecular flexibility index (Phi) is 5.15. The summed E-state index contributed by atoms with van der Waals surface area (Å²) in [4.78, 5) is 0. The zero-order chi connectivity index (χ0) is 12.0. The molecule has 0 bridgehead atoms. The molecule has 0 aromatic heterocycles. The fraction of sp³-hybridized carbons (Fsp3) is 0.333. The first-order valence-electron chi connectivity index (χ1n) is 4.95. The summed E-state index contributed by atoms with van der Waals surface area (Å²) in [6, 6.07) is 3.59. The van der Waals surface area contributed by atoms with Gasteiger partial charge in [-0.15, -0.1) is 6.58 Å². The number of methoxy groups -OCH3 is 2. The Morgan fingerprint density at radius 2 is 2.12 bits per heavy atom. The van der Waals surface area contributed by atoms with Crippen molar-refractivity contribution in [3.63, 3.8) is 0 Å². The van der Waals surface area contributed by atoms with Crippen molar-refractivity contribution in [1.82, 2.24) is 5.32 Å². The minimum absolute atomic E-state index is 0.632. The number of nitrogens with one attached hydrogen (secondary N) is 1. The van der Waals surface area contributed by atoms with Gasteiger partial charge in [0.1, 0.15) is 0 Å². The lowest BCUT2D eigenvalue weighted by Crippen LogP contribution is -2.13. The number of rotatable bonds is 6. The lowest BCUT2D eigenvalue weighted by Gasteiger charge is -2.13. The molecule has 0 aliphatic heterocycles. The van der Waals surface area contributed by atoms with Crippen LogP contribution in [0, 0.1) is 0 Å². The van der Waals surface area contributed by atoms with E-state index in [1.807, 2.05) is 6.07 Å². The first-order valence-corrected chi connectivity index (χ1v) is 5.32. The maximum absolute atomic E-state index is 5.99. The number of ether oxygens (including phenoxy) is 2. The monoisotopic (exact) mass is 241 g/mol. The third-order valence-corrected chi connectivity index (χ3v) is 2.34. The first-order chi connectivity index (χ1) is 7.72. The summed E-state index contributed by atoms with van der Waals surface area (Å²) in [5.41, 5.74) is 0.966. The van der Waals surface area contributed by atoms with Crippen LogP contribution in [0.2, 0.25) is 5.02 Å². The molecule has 0 unspecified atom stereocenters. The SMILES string of the molecule is C=CCNCc1cc(Cl)cc(OC)c1OC. The summed E-state index contributed by atoms with van der Waals surface area (Å²) in [6.45, 7) is 5.03. The van der Waals surface area contributed by atoms with Crippen LogP contribution >= 0.6 is 11.6 Å². The largest absolute Gasteiger partial charge is 0.493 e. The lowest BCUT2D eigenvalue weighted by molar-refractivity contribution is 0.351. The van der Waals surface area contributed by atoms with Crippen LogP contribution < -0.4 is 14.8 Å². The second-order valence-corrected chi connectivity index (χ2v) is 3.66. The molecule has 88 valence electrons.